The van der Waals surface area contributed by atoms with Gasteiger partial charge < -0.3 is 5.73 Å². The van der Waals surface area contributed by atoms with Crippen molar-refractivity contribution in [2.24, 2.45) is 11.7 Å². The minimum absolute atomic E-state index is 0.122. The van der Waals surface area contributed by atoms with Crippen molar-refractivity contribution in [1.29, 1.82) is 0 Å². The number of hydrogen-bond acceptors (Lipinski definition) is 3. The SMILES string of the molecule is C[C@@H](CCN)C(=O)CCS. The fourth-order valence-electron chi connectivity index (χ4n) is 0.768. The van der Waals surface area contributed by atoms with Crippen LogP contribution < -0.4 is 5.73 Å². The molecular weight excluding hydrogens is 146 g/mol. The lowest BCUT2D eigenvalue weighted by atomic mass is 10.0. The van der Waals surface area contributed by atoms with Crippen molar-refractivity contribution in [3.8, 4) is 0 Å². The second-order valence-corrected chi connectivity index (χ2v) is 2.87. The number of ketones is 1. The second kappa shape index (κ2) is 5.74. The number of hydrogen-bond donors (Lipinski definition) is 2. The molecule has 0 heterocycles. The highest BCUT2D eigenvalue weighted by atomic mass is 32.1. The summed E-state index contributed by atoms with van der Waals surface area (Å²) in [4.78, 5) is 11.0. The third-order valence-corrected chi connectivity index (χ3v) is 1.73. The van der Waals surface area contributed by atoms with Crippen LogP contribution in [0.3, 0.4) is 0 Å². The summed E-state index contributed by atoms with van der Waals surface area (Å²) in [6.45, 7) is 2.51. The maximum atomic E-state index is 11.0. The van der Waals surface area contributed by atoms with Gasteiger partial charge in [-0.05, 0) is 18.7 Å². The summed E-state index contributed by atoms with van der Waals surface area (Å²) in [7, 11) is 0. The quantitative estimate of drug-likeness (QED) is 0.587. The number of thiol groups is 1. The Bertz CT molecular complexity index is 106. The van der Waals surface area contributed by atoms with Gasteiger partial charge in [0.1, 0.15) is 5.78 Å². The molecular formula is C7H15NOS. The molecule has 0 rings (SSSR count). The first kappa shape index (κ1) is 9.98. The van der Waals surface area contributed by atoms with Crippen LogP contribution in [0.15, 0.2) is 0 Å². The zero-order valence-corrected chi connectivity index (χ0v) is 7.23. The van der Waals surface area contributed by atoms with Crippen LogP contribution in [0.25, 0.3) is 0 Å². The molecule has 60 valence electrons. The maximum Gasteiger partial charge on any atom is 0.136 e. The maximum absolute atomic E-state index is 11.0. The Morgan fingerprint density at radius 1 is 1.70 bits per heavy atom. The standard InChI is InChI=1S/C7H15NOS/c1-6(2-4-8)7(9)3-5-10/h6,10H,2-5,8H2,1H3/t6-/m0/s1. The monoisotopic (exact) mass is 161 g/mol. The van der Waals surface area contributed by atoms with Crippen LogP contribution in [0.5, 0.6) is 0 Å². The molecule has 0 saturated heterocycles. The van der Waals surface area contributed by atoms with E-state index in [0.717, 1.165) is 6.42 Å². The molecule has 0 aliphatic carbocycles. The second-order valence-electron chi connectivity index (χ2n) is 2.42. The Labute approximate surface area is 67.6 Å². The summed E-state index contributed by atoms with van der Waals surface area (Å²) < 4.78 is 0. The Morgan fingerprint density at radius 3 is 2.70 bits per heavy atom. The van der Waals surface area contributed by atoms with Crippen molar-refractivity contribution < 1.29 is 4.79 Å². The first-order valence-electron chi connectivity index (χ1n) is 3.56. The molecule has 0 aliphatic heterocycles. The summed E-state index contributed by atoms with van der Waals surface area (Å²) >= 11 is 3.97. The van der Waals surface area contributed by atoms with Crippen LogP contribution in [0.2, 0.25) is 0 Å². The molecule has 10 heavy (non-hydrogen) atoms. The zero-order valence-electron chi connectivity index (χ0n) is 6.34. The van der Waals surface area contributed by atoms with Gasteiger partial charge in [-0.15, -0.1) is 0 Å². The zero-order chi connectivity index (χ0) is 7.98. The molecule has 0 radical (unpaired) electrons. The van der Waals surface area contributed by atoms with Gasteiger partial charge >= 0.3 is 0 Å². The topological polar surface area (TPSA) is 43.1 Å². The molecule has 2 nitrogen and oxygen atoms in total. The van der Waals surface area contributed by atoms with E-state index in [1.165, 1.54) is 0 Å². The number of rotatable bonds is 5. The lowest BCUT2D eigenvalue weighted by Gasteiger charge is -2.06. The van der Waals surface area contributed by atoms with Gasteiger partial charge in [0.25, 0.3) is 0 Å². The lowest BCUT2D eigenvalue weighted by Crippen LogP contribution is -2.15. The molecule has 0 aromatic carbocycles. The summed E-state index contributed by atoms with van der Waals surface area (Å²) in [6.07, 6.45) is 1.37. The van der Waals surface area contributed by atoms with Crippen molar-refractivity contribution in [2.45, 2.75) is 19.8 Å². The Morgan fingerprint density at radius 2 is 2.30 bits per heavy atom. The summed E-state index contributed by atoms with van der Waals surface area (Å²) in [5.74, 6) is 1.05. The van der Waals surface area contributed by atoms with Gasteiger partial charge in [0, 0.05) is 12.3 Å². The summed E-state index contributed by atoms with van der Waals surface area (Å²) in [5, 5.41) is 0. The van der Waals surface area contributed by atoms with Crippen LogP contribution in [0, 0.1) is 5.92 Å². The minimum atomic E-state index is 0.122. The fourth-order valence-corrected chi connectivity index (χ4v) is 0.988. The Hall–Kier alpha value is -0.0200. The van der Waals surface area contributed by atoms with Crippen molar-refractivity contribution in [3.05, 3.63) is 0 Å². The molecule has 0 spiro atoms. The first-order chi connectivity index (χ1) is 4.72. The Kier molecular flexibility index (Phi) is 5.73. The molecule has 0 saturated carbocycles. The van der Waals surface area contributed by atoms with Gasteiger partial charge in [0.15, 0.2) is 0 Å². The Balaban J connectivity index is 3.49. The average molecular weight is 161 g/mol. The molecule has 0 aromatic heterocycles. The van der Waals surface area contributed by atoms with E-state index >= 15 is 0 Å². The largest absolute Gasteiger partial charge is 0.330 e. The third kappa shape index (κ3) is 3.90. The highest BCUT2D eigenvalue weighted by molar-refractivity contribution is 7.80. The molecule has 2 N–H and O–H groups in total. The first-order valence-corrected chi connectivity index (χ1v) is 4.19. The molecule has 3 heteroatoms. The molecule has 0 aromatic rings. The predicted molar refractivity (Wildman–Crippen MR) is 46.3 cm³/mol. The van der Waals surface area contributed by atoms with Crippen LogP contribution in [0.1, 0.15) is 19.8 Å². The molecule has 0 unspecified atom stereocenters. The predicted octanol–water partition coefficient (Wildman–Crippen LogP) is 0.860. The average Bonchev–Trinajstić information content (AvgIpc) is 1.89. The van der Waals surface area contributed by atoms with E-state index in [-0.39, 0.29) is 11.7 Å². The highest BCUT2D eigenvalue weighted by Gasteiger charge is 2.09. The smallest absolute Gasteiger partial charge is 0.136 e. The van der Waals surface area contributed by atoms with E-state index in [4.69, 9.17) is 5.73 Å². The van der Waals surface area contributed by atoms with Crippen LogP contribution >= 0.6 is 12.6 Å². The molecule has 0 bridgehead atoms. The van der Waals surface area contributed by atoms with Crippen LogP contribution in [0.4, 0.5) is 0 Å². The molecule has 1 atom stereocenters. The van der Waals surface area contributed by atoms with E-state index in [9.17, 15) is 4.79 Å². The molecule has 0 fully saturated rings. The van der Waals surface area contributed by atoms with Crippen LogP contribution in [-0.2, 0) is 4.79 Å². The summed E-state index contributed by atoms with van der Waals surface area (Å²) in [6, 6.07) is 0. The fraction of sp³-hybridized carbons (Fsp3) is 0.857. The third-order valence-electron chi connectivity index (χ3n) is 1.51. The van der Waals surface area contributed by atoms with Crippen molar-refractivity contribution >= 4 is 18.4 Å². The number of Topliss-reactive ketones (excluding diaryl/α,β-unsaturated/α-hetero) is 1. The van der Waals surface area contributed by atoms with E-state index in [0.29, 0.717) is 18.7 Å². The number of carbonyl (C=O) groups is 1. The minimum Gasteiger partial charge on any atom is -0.330 e. The number of carbonyl (C=O) groups excluding carboxylic acids is 1. The molecule has 0 amide bonds. The van der Waals surface area contributed by atoms with E-state index in [1.54, 1.807) is 0 Å². The van der Waals surface area contributed by atoms with Crippen molar-refractivity contribution in [2.75, 3.05) is 12.3 Å². The summed E-state index contributed by atoms with van der Waals surface area (Å²) in [5.41, 5.74) is 5.29. The van der Waals surface area contributed by atoms with E-state index in [2.05, 4.69) is 12.6 Å². The highest BCUT2D eigenvalue weighted by Crippen LogP contribution is 2.04. The van der Waals surface area contributed by atoms with Crippen molar-refractivity contribution in [3.63, 3.8) is 0 Å². The number of nitrogens with two attached hydrogens (primary N) is 1. The van der Waals surface area contributed by atoms with E-state index < -0.39 is 0 Å². The van der Waals surface area contributed by atoms with E-state index in [1.807, 2.05) is 6.92 Å². The van der Waals surface area contributed by atoms with Crippen LogP contribution in [-0.4, -0.2) is 18.1 Å². The normalized spacial score (nSPS) is 13.1. The van der Waals surface area contributed by atoms with Gasteiger partial charge in [-0.25, -0.2) is 0 Å². The van der Waals surface area contributed by atoms with Gasteiger partial charge in [-0.1, -0.05) is 6.92 Å². The lowest BCUT2D eigenvalue weighted by molar-refractivity contribution is -0.122. The van der Waals surface area contributed by atoms with Gasteiger partial charge in [0.05, 0.1) is 0 Å². The van der Waals surface area contributed by atoms with Crippen molar-refractivity contribution in [1.82, 2.24) is 0 Å². The van der Waals surface area contributed by atoms with Gasteiger partial charge in [-0.3, -0.25) is 4.79 Å². The van der Waals surface area contributed by atoms with Gasteiger partial charge in [-0.2, -0.15) is 12.6 Å². The molecule has 0 aliphatic rings. The van der Waals surface area contributed by atoms with Gasteiger partial charge in [0.2, 0.25) is 0 Å².